The summed E-state index contributed by atoms with van der Waals surface area (Å²) in [4.78, 5) is 24.0. The summed E-state index contributed by atoms with van der Waals surface area (Å²) < 4.78 is 6.99. The number of hydrogen-bond acceptors (Lipinski definition) is 6. The summed E-state index contributed by atoms with van der Waals surface area (Å²) in [5.41, 5.74) is 3.48. The maximum Gasteiger partial charge on any atom is 0.192 e. The van der Waals surface area contributed by atoms with Crippen LogP contribution in [0.1, 0.15) is 27.5 Å². The van der Waals surface area contributed by atoms with E-state index in [1.807, 2.05) is 42.5 Å². The summed E-state index contributed by atoms with van der Waals surface area (Å²) in [5, 5.41) is 5.16. The predicted octanol–water partition coefficient (Wildman–Crippen LogP) is 4.31. The molecular formula is C24H20ClN5O2. The van der Waals surface area contributed by atoms with E-state index in [1.54, 1.807) is 42.6 Å². The van der Waals surface area contributed by atoms with Crippen LogP contribution in [0.3, 0.4) is 0 Å². The van der Waals surface area contributed by atoms with Gasteiger partial charge in [-0.2, -0.15) is 5.10 Å². The molecule has 0 N–H and O–H groups in total. The maximum absolute atomic E-state index is 13.5. The third-order valence-electron chi connectivity index (χ3n) is 5.58. The number of ketones is 1. The van der Waals surface area contributed by atoms with E-state index in [4.69, 9.17) is 16.3 Å². The summed E-state index contributed by atoms with van der Waals surface area (Å²) in [6, 6.07) is 15.4. The van der Waals surface area contributed by atoms with Crippen LogP contribution in [-0.2, 0) is 6.54 Å². The van der Waals surface area contributed by atoms with E-state index < -0.39 is 0 Å². The van der Waals surface area contributed by atoms with Gasteiger partial charge in [-0.25, -0.2) is 9.67 Å². The van der Waals surface area contributed by atoms with Crippen LogP contribution in [0.4, 0.5) is 5.69 Å². The molecule has 32 heavy (non-hydrogen) atoms. The smallest absolute Gasteiger partial charge is 0.192 e. The number of nitrogens with zero attached hydrogens (tertiary/aromatic N) is 5. The van der Waals surface area contributed by atoms with Gasteiger partial charge in [-0.3, -0.25) is 9.78 Å². The standard InChI is InChI=1S/C24H20ClN5O2/c1-32-18-6-7-22-19(12-18)20(15-29(22)14-16-2-4-17(25)5-3-16)24(31)21-8-11-30(28-21)23-13-26-9-10-27-23/h2-13,20H,14-15H2,1H3. The average molecular weight is 446 g/mol. The molecule has 2 aromatic carbocycles. The fourth-order valence-corrected chi connectivity index (χ4v) is 4.12. The molecule has 160 valence electrons. The number of fused-ring (bicyclic) bond motifs is 1. The van der Waals surface area contributed by atoms with Gasteiger partial charge in [0.15, 0.2) is 11.6 Å². The Balaban J connectivity index is 1.45. The van der Waals surface area contributed by atoms with E-state index >= 15 is 0 Å². The van der Waals surface area contributed by atoms with Gasteiger partial charge in [0, 0.05) is 42.4 Å². The van der Waals surface area contributed by atoms with Gasteiger partial charge in [-0.1, -0.05) is 23.7 Å². The van der Waals surface area contributed by atoms with Crippen LogP contribution in [0.15, 0.2) is 73.3 Å². The first-order valence-corrected chi connectivity index (χ1v) is 10.5. The van der Waals surface area contributed by atoms with Gasteiger partial charge in [0.05, 0.1) is 19.2 Å². The number of benzene rings is 2. The Morgan fingerprint density at radius 3 is 2.75 bits per heavy atom. The molecule has 0 amide bonds. The van der Waals surface area contributed by atoms with Crippen LogP contribution < -0.4 is 9.64 Å². The minimum absolute atomic E-state index is 0.0410. The third-order valence-corrected chi connectivity index (χ3v) is 5.83. The molecule has 0 fully saturated rings. The topological polar surface area (TPSA) is 73.1 Å². The van der Waals surface area contributed by atoms with Crippen molar-refractivity contribution >= 4 is 23.1 Å². The highest BCUT2D eigenvalue weighted by Crippen LogP contribution is 2.40. The number of ether oxygens (including phenoxy) is 1. The van der Waals surface area contributed by atoms with Gasteiger partial charge in [0.1, 0.15) is 11.4 Å². The predicted molar refractivity (Wildman–Crippen MR) is 122 cm³/mol. The Morgan fingerprint density at radius 2 is 2.00 bits per heavy atom. The summed E-state index contributed by atoms with van der Waals surface area (Å²) >= 11 is 6.03. The van der Waals surface area contributed by atoms with E-state index in [2.05, 4.69) is 20.0 Å². The highest BCUT2D eigenvalue weighted by molar-refractivity contribution is 6.30. The highest BCUT2D eigenvalue weighted by atomic mass is 35.5. The number of Topliss-reactive ketones (excluding diaryl/α,β-unsaturated/α-hetero) is 1. The fourth-order valence-electron chi connectivity index (χ4n) is 4.00. The zero-order valence-corrected chi connectivity index (χ0v) is 18.1. The molecule has 5 rings (SSSR count). The number of anilines is 1. The second kappa shape index (κ2) is 8.43. The Kier molecular flexibility index (Phi) is 5.33. The van der Waals surface area contributed by atoms with Crippen molar-refractivity contribution in [1.82, 2.24) is 19.7 Å². The Hall–Kier alpha value is -3.71. The van der Waals surface area contributed by atoms with Gasteiger partial charge in [0.2, 0.25) is 0 Å². The van der Waals surface area contributed by atoms with Crippen molar-refractivity contribution in [2.24, 2.45) is 0 Å². The van der Waals surface area contributed by atoms with Crippen LogP contribution in [0.25, 0.3) is 5.82 Å². The molecule has 3 heterocycles. The first-order chi connectivity index (χ1) is 15.6. The molecule has 1 aliphatic rings. The van der Waals surface area contributed by atoms with E-state index in [9.17, 15) is 4.79 Å². The van der Waals surface area contributed by atoms with Crippen molar-refractivity contribution in [3.63, 3.8) is 0 Å². The fraction of sp³-hybridized carbons (Fsp3) is 0.167. The lowest BCUT2D eigenvalue weighted by Crippen LogP contribution is -2.24. The minimum atomic E-state index is -0.349. The average Bonchev–Trinajstić information content (AvgIpc) is 3.46. The Morgan fingerprint density at radius 1 is 1.16 bits per heavy atom. The quantitative estimate of drug-likeness (QED) is 0.412. The number of carbonyl (C=O) groups is 1. The first kappa shape index (κ1) is 20.2. The van der Waals surface area contributed by atoms with Crippen molar-refractivity contribution in [3.8, 4) is 11.6 Å². The van der Waals surface area contributed by atoms with Crippen molar-refractivity contribution in [2.75, 3.05) is 18.6 Å². The monoisotopic (exact) mass is 445 g/mol. The molecule has 1 atom stereocenters. The number of rotatable bonds is 6. The molecule has 0 radical (unpaired) electrons. The molecule has 1 unspecified atom stereocenters. The largest absolute Gasteiger partial charge is 0.497 e. The molecule has 7 nitrogen and oxygen atoms in total. The lowest BCUT2D eigenvalue weighted by molar-refractivity contribution is 0.0959. The third kappa shape index (κ3) is 3.83. The number of halogens is 1. The molecule has 4 aromatic rings. The second-order valence-electron chi connectivity index (χ2n) is 7.56. The van der Waals surface area contributed by atoms with Gasteiger partial charge < -0.3 is 9.64 Å². The second-order valence-corrected chi connectivity index (χ2v) is 7.99. The number of hydrogen-bond donors (Lipinski definition) is 0. The van der Waals surface area contributed by atoms with E-state index in [0.29, 0.717) is 29.6 Å². The molecule has 0 bridgehead atoms. The first-order valence-electron chi connectivity index (χ1n) is 10.2. The SMILES string of the molecule is COc1ccc2c(c1)C(C(=O)c1ccn(-c3cnccn3)n1)CN2Cc1ccc(Cl)cc1. The van der Waals surface area contributed by atoms with Crippen molar-refractivity contribution < 1.29 is 9.53 Å². The van der Waals surface area contributed by atoms with Crippen molar-refractivity contribution in [3.05, 3.63) is 95.2 Å². The van der Waals surface area contributed by atoms with Crippen LogP contribution in [0, 0.1) is 0 Å². The van der Waals surface area contributed by atoms with E-state index in [-0.39, 0.29) is 11.7 Å². The summed E-state index contributed by atoms with van der Waals surface area (Å²) in [7, 11) is 1.63. The molecule has 8 heteroatoms. The van der Waals surface area contributed by atoms with Gasteiger partial charge >= 0.3 is 0 Å². The lowest BCUT2D eigenvalue weighted by atomic mass is 9.95. The molecule has 0 saturated carbocycles. The lowest BCUT2D eigenvalue weighted by Gasteiger charge is -2.20. The molecule has 2 aromatic heterocycles. The summed E-state index contributed by atoms with van der Waals surface area (Å²) in [5.74, 6) is 0.891. The van der Waals surface area contributed by atoms with E-state index in [0.717, 1.165) is 22.6 Å². The Labute approximate surface area is 190 Å². The molecular weight excluding hydrogens is 426 g/mol. The maximum atomic E-state index is 13.5. The van der Waals surface area contributed by atoms with E-state index in [1.165, 1.54) is 0 Å². The molecule has 0 saturated heterocycles. The van der Waals surface area contributed by atoms with Gasteiger partial charge in [0.25, 0.3) is 0 Å². The van der Waals surface area contributed by atoms with Crippen molar-refractivity contribution in [1.29, 1.82) is 0 Å². The highest BCUT2D eigenvalue weighted by Gasteiger charge is 2.35. The zero-order valence-electron chi connectivity index (χ0n) is 17.4. The number of carbonyl (C=O) groups excluding carboxylic acids is 1. The summed E-state index contributed by atoms with van der Waals surface area (Å²) in [6.45, 7) is 1.23. The van der Waals surface area contributed by atoms with Crippen LogP contribution >= 0.6 is 11.6 Å². The molecule has 1 aliphatic heterocycles. The zero-order chi connectivity index (χ0) is 22.1. The number of methoxy groups -OCH3 is 1. The van der Waals surface area contributed by atoms with Gasteiger partial charge in [-0.15, -0.1) is 0 Å². The Bertz CT molecular complexity index is 1260. The minimum Gasteiger partial charge on any atom is -0.497 e. The number of aromatic nitrogens is 4. The summed E-state index contributed by atoms with van der Waals surface area (Å²) in [6.07, 6.45) is 6.51. The van der Waals surface area contributed by atoms with Crippen LogP contribution in [-0.4, -0.2) is 39.2 Å². The molecule has 0 aliphatic carbocycles. The normalized spacial score (nSPS) is 14.9. The molecule has 0 spiro atoms. The van der Waals surface area contributed by atoms with Crippen molar-refractivity contribution in [2.45, 2.75) is 12.5 Å². The van der Waals surface area contributed by atoms with Crippen LogP contribution in [0.2, 0.25) is 5.02 Å². The van der Waals surface area contributed by atoms with Crippen LogP contribution in [0.5, 0.6) is 5.75 Å². The van der Waals surface area contributed by atoms with Gasteiger partial charge in [-0.05, 0) is 47.5 Å².